The number of hydrogen-bond acceptors (Lipinski definition) is 13. The van der Waals surface area contributed by atoms with Crippen LogP contribution in [0.5, 0.6) is 0 Å². The van der Waals surface area contributed by atoms with Crippen molar-refractivity contribution in [2.75, 3.05) is 13.2 Å². The lowest BCUT2D eigenvalue weighted by atomic mass is 9.85. The Balaban J connectivity index is 2.57. The summed E-state index contributed by atoms with van der Waals surface area (Å²) in [6.45, 7) is 3.10. The standard InChI is InChI=1S/C47H88O16P2/c1-3-5-7-9-11-13-15-17-19-20-22-24-26-28-30-32-34-36-41(49)61-39(37-59-40(48)35-33-31-29-27-25-23-21-18-16-14-12-10-8-6-4-2)38-60-65(57,58)63-47-44(52)42(50)43(51)46(45(47)53)62-64(54,55)56/h14,16-17,19,39,42-47,50-53H,3-13,15,18,20-38H2,1-2H3,(H,57,58)(H2,54,55,56)/b16-14-,19-17-/t39-,42?,43?,44?,45?,46-,47+/m1/s1. The molecule has 0 amide bonds. The highest BCUT2D eigenvalue weighted by Crippen LogP contribution is 2.49. The molecule has 0 aromatic rings. The van der Waals surface area contributed by atoms with Gasteiger partial charge < -0.3 is 44.6 Å². The fourth-order valence-electron chi connectivity index (χ4n) is 7.60. The lowest BCUT2D eigenvalue weighted by Gasteiger charge is -2.43. The maximum atomic E-state index is 13.0. The van der Waals surface area contributed by atoms with Crippen molar-refractivity contribution in [3.05, 3.63) is 24.3 Å². The van der Waals surface area contributed by atoms with Crippen LogP contribution in [-0.4, -0.2) is 103 Å². The molecular weight excluding hydrogens is 882 g/mol. The molecule has 18 heteroatoms. The van der Waals surface area contributed by atoms with Gasteiger partial charge in [-0.05, 0) is 64.2 Å². The molecular formula is C47H88O16P2. The summed E-state index contributed by atoms with van der Waals surface area (Å²) in [6, 6.07) is 0. The Labute approximate surface area is 390 Å². The number of carbonyl (C=O) groups excluding carboxylic acids is 2. The lowest BCUT2D eigenvalue weighted by molar-refractivity contribution is -0.216. The van der Waals surface area contributed by atoms with Crippen LogP contribution in [0, 0.1) is 0 Å². The van der Waals surface area contributed by atoms with Crippen molar-refractivity contribution in [1.29, 1.82) is 0 Å². The molecule has 1 aliphatic rings. The monoisotopic (exact) mass is 971 g/mol. The summed E-state index contributed by atoms with van der Waals surface area (Å²) in [5, 5.41) is 41.3. The molecule has 1 saturated carbocycles. The SMILES string of the molecule is CCCCCC/C=C\CCCCCCCCCC(=O)OC[C@H](COP(=O)(O)O[C@H]1C(O)C(O)C(O)[C@@H](OP(=O)(O)O)C1O)OC(=O)CCCCCCCCC/C=C\CCCCCCCC. The number of phosphoric acid groups is 2. The second-order valence-electron chi connectivity index (χ2n) is 17.5. The molecule has 382 valence electrons. The third kappa shape index (κ3) is 32.8. The molecule has 1 fully saturated rings. The molecule has 16 nitrogen and oxygen atoms in total. The van der Waals surface area contributed by atoms with Gasteiger partial charge in [0.25, 0.3) is 0 Å². The van der Waals surface area contributed by atoms with E-state index in [0.29, 0.717) is 12.8 Å². The zero-order valence-electron chi connectivity index (χ0n) is 39.7. The van der Waals surface area contributed by atoms with Gasteiger partial charge in [0.2, 0.25) is 0 Å². The van der Waals surface area contributed by atoms with Gasteiger partial charge in [0.15, 0.2) is 6.10 Å². The first kappa shape index (κ1) is 61.5. The highest BCUT2D eigenvalue weighted by atomic mass is 31.2. The van der Waals surface area contributed by atoms with Crippen LogP contribution in [0.1, 0.15) is 206 Å². The average molecular weight is 971 g/mol. The van der Waals surface area contributed by atoms with Crippen LogP contribution in [0.2, 0.25) is 0 Å². The smallest absolute Gasteiger partial charge is 0.462 e. The normalized spacial score (nSPS) is 21.8. The molecule has 0 spiro atoms. The Kier molecular flexibility index (Phi) is 36.3. The van der Waals surface area contributed by atoms with Gasteiger partial charge in [0.05, 0.1) is 6.61 Å². The van der Waals surface area contributed by atoms with Gasteiger partial charge in [0.1, 0.15) is 43.2 Å². The number of ether oxygens (including phenoxy) is 2. The molecule has 8 atom stereocenters. The Morgan fingerprint density at radius 1 is 0.477 bits per heavy atom. The van der Waals surface area contributed by atoms with Gasteiger partial charge >= 0.3 is 27.6 Å². The number of rotatable bonds is 42. The minimum atomic E-state index is -5.36. The van der Waals surface area contributed by atoms with Crippen molar-refractivity contribution in [2.24, 2.45) is 0 Å². The predicted octanol–water partition coefficient (Wildman–Crippen LogP) is 9.73. The largest absolute Gasteiger partial charge is 0.472 e. The molecule has 0 radical (unpaired) electrons. The summed E-state index contributed by atoms with van der Waals surface area (Å²) in [6.07, 6.45) is 25.5. The van der Waals surface area contributed by atoms with Crippen molar-refractivity contribution in [3.8, 4) is 0 Å². The van der Waals surface area contributed by atoms with Gasteiger partial charge in [-0.25, -0.2) is 9.13 Å². The number of hydrogen-bond donors (Lipinski definition) is 7. The maximum Gasteiger partial charge on any atom is 0.472 e. The van der Waals surface area contributed by atoms with Crippen LogP contribution in [0.3, 0.4) is 0 Å². The molecule has 1 rings (SSSR count). The third-order valence-electron chi connectivity index (χ3n) is 11.5. The summed E-state index contributed by atoms with van der Waals surface area (Å²) < 4.78 is 49.4. The van der Waals surface area contributed by atoms with Crippen LogP contribution >= 0.6 is 15.6 Å². The van der Waals surface area contributed by atoms with E-state index in [1.54, 1.807) is 0 Å². The molecule has 0 aromatic carbocycles. The van der Waals surface area contributed by atoms with E-state index in [-0.39, 0.29) is 12.8 Å². The van der Waals surface area contributed by atoms with Gasteiger partial charge in [-0.3, -0.25) is 23.2 Å². The zero-order valence-corrected chi connectivity index (χ0v) is 41.5. The van der Waals surface area contributed by atoms with Gasteiger partial charge in [-0.2, -0.15) is 0 Å². The topological polar surface area (TPSA) is 256 Å². The summed E-state index contributed by atoms with van der Waals surface area (Å²) in [4.78, 5) is 54.3. The first-order chi connectivity index (χ1) is 31.1. The van der Waals surface area contributed by atoms with E-state index < -0.39 is 83.5 Å². The van der Waals surface area contributed by atoms with Crippen molar-refractivity contribution in [3.63, 3.8) is 0 Å². The van der Waals surface area contributed by atoms with Gasteiger partial charge in [-0.1, -0.05) is 154 Å². The van der Waals surface area contributed by atoms with Gasteiger partial charge in [-0.15, -0.1) is 0 Å². The fraction of sp³-hybridized carbons (Fsp3) is 0.872. The van der Waals surface area contributed by atoms with Gasteiger partial charge in [0, 0.05) is 12.8 Å². The van der Waals surface area contributed by atoms with E-state index in [4.69, 9.17) is 18.5 Å². The number of allylic oxidation sites excluding steroid dienone is 4. The molecule has 0 bridgehead atoms. The minimum Gasteiger partial charge on any atom is -0.462 e. The van der Waals surface area contributed by atoms with E-state index in [9.17, 15) is 53.8 Å². The maximum absolute atomic E-state index is 13.0. The number of phosphoric ester groups is 2. The fourth-order valence-corrected chi connectivity index (χ4v) is 9.14. The second kappa shape index (κ2) is 38.3. The number of carbonyl (C=O) groups is 2. The second-order valence-corrected chi connectivity index (χ2v) is 20.1. The number of aliphatic hydroxyl groups is 4. The molecule has 5 unspecified atom stereocenters. The van der Waals surface area contributed by atoms with Crippen molar-refractivity contribution in [1.82, 2.24) is 0 Å². The predicted molar refractivity (Wildman–Crippen MR) is 251 cm³/mol. The van der Waals surface area contributed by atoms with Crippen LogP contribution in [0.4, 0.5) is 0 Å². The summed E-state index contributed by atoms with van der Waals surface area (Å²) in [5.74, 6) is -1.21. The zero-order chi connectivity index (χ0) is 48.2. The lowest BCUT2D eigenvalue weighted by Crippen LogP contribution is -2.64. The average Bonchev–Trinajstić information content (AvgIpc) is 3.26. The highest BCUT2D eigenvalue weighted by molar-refractivity contribution is 7.47. The molecule has 0 saturated heterocycles. The van der Waals surface area contributed by atoms with E-state index in [2.05, 4.69) is 42.7 Å². The van der Waals surface area contributed by atoms with Crippen molar-refractivity contribution in [2.45, 2.75) is 249 Å². The number of esters is 2. The number of aliphatic hydroxyl groups excluding tert-OH is 4. The number of unbranched alkanes of at least 4 members (excludes halogenated alkanes) is 24. The quantitative estimate of drug-likeness (QED) is 0.0130. The van der Waals surface area contributed by atoms with Crippen LogP contribution < -0.4 is 0 Å². The molecule has 65 heavy (non-hydrogen) atoms. The Morgan fingerprint density at radius 2 is 0.846 bits per heavy atom. The van der Waals surface area contributed by atoms with Crippen molar-refractivity contribution >= 4 is 27.6 Å². The molecule has 1 aliphatic carbocycles. The summed E-state index contributed by atoms with van der Waals surface area (Å²) >= 11 is 0. The third-order valence-corrected chi connectivity index (χ3v) is 13.0. The molecule has 0 aromatic heterocycles. The molecule has 7 N–H and O–H groups in total. The van der Waals surface area contributed by atoms with Crippen LogP contribution in [0.25, 0.3) is 0 Å². The van der Waals surface area contributed by atoms with E-state index in [1.807, 2.05) is 0 Å². The first-order valence-electron chi connectivity index (χ1n) is 24.9. The molecule has 0 aliphatic heterocycles. The van der Waals surface area contributed by atoms with Crippen LogP contribution in [-0.2, 0) is 41.8 Å². The first-order valence-corrected chi connectivity index (χ1v) is 27.9. The molecule has 0 heterocycles. The van der Waals surface area contributed by atoms with E-state index in [0.717, 1.165) is 103 Å². The minimum absolute atomic E-state index is 0.0403. The Bertz CT molecular complexity index is 1360. The van der Waals surface area contributed by atoms with Crippen LogP contribution in [0.15, 0.2) is 24.3 Å². The summed E-state index contributed by atoms with van der Waals surface area (Å²) in [7, 11) is -10.7. The van der Waals surface area contributed by atoms with E-state index in [1.165, 1.54) is 64.2 Å². The van der Waals surface area contributed by atoms with Crippen molar-refractivity contribution < 1.29 is 76.9 Å². The summed E-state index contributed by atoms with van der Waals surface area (Å²) in [5.41, 5.74) is 0. The Hall–Kier alpha value is -1.52. The highest BCUT2D eigenvalue weighted by Gasteiger charge is 2.54. The van der Waals surface area contributed by atoms with E-state index >= 15 is 0 Å². The Morgan fingerprint density at radius 3 is 1.28 bits per heavy atom.